The quantitative estimate of drug-likeness (QED) is 0.908. The Labute approximate surface area is 122 Å². The Morgan fingerprint density at radius 1 is 1.05 bits per heavy atom. The van der Waals surface area contributed by atoms with Crippen LogP contribution in [0.25, 0.3) is 11.3 Å². The molecule has 2 N–H and O–H groups in total. The minimum atomic E-state index is -0.560. The number of benzene rings is 1. The molecule has 6 heteroatoms. The van der Waals surface area contributed by atoms with E-state index < -0.39 is 5.91 Å². The van der Waals surface area contributed by atoms with Gasteiger partial charge in [-0.15, -0.1) is 0 Å². The summed E-state index contributed by atoms with van der Waals surface area (Å²) >= 11 is 0. The molecular weight excluding hydrogens is 272 g/mol. The predicted molar refractivity (Wildman–Crippen MR) is 77.8 cm³/mol. The second-order valence-electron chi connectivity index (χ2n) is 4.15. The summed E-state index contributed by atoms with van der Waals surface area (Å²) in [5, 5.41) is 0. The highest BCUT2D eigenvalue weighted by Crippen LogP contribution is 2.44. The van der Waals surface area contributed by atoms with Gasteiger partial charge in [0, 0.05) is 11.8 Å². The Morgan fingerprint density at radius 3 is 2.33 bits per heavy atom. The number of hydrogen-bond donors (Lipinski definition) is 1. The summed E-state index contributed by atoms with van der Waals surface area (Å²) in [5.41, 5.74) is 6.74. The number of pyridine rings is 1. The number of amides is 1. The van der Waals surface area contributed by atoms with Crippen LogP contribution < -0.4 is 19.9 Å². The molecule has 0 spiro atoms. The molecule has 0 fully saturated rings. The van der Waals surface area contributed by atoms with Gasteiger partial charge >= 0.3 is 0 Å². The van der Waals surface area contributed by atoms with Gasteiger partial charge in [0.25, 0.3) is 5.91 Å². The van der Waals surface area contributed by atoms with E-state index in [1.807, 2.05) is 0 Å². The van der Waals surface area contributed by atoms with E-state index in [4.69, 9.17) is 19.9 Å². The Balaban J connectivity index is 2.73. The van der Waals surface area contributed by atoms with Gasteiger partial charge in [-0.05, 0) is 24.3 Å². The topological polar surface area (TPSA) is 83.7 Å². The van der Waals surface area contributed by atoms with Crippen molar-refractivity contribution in [1.82, 2.24) is 4.98 Å². The number of hydrogen-bond acceptors (Lipinski definition) is 5. The number of methoxy groups -OCH3 is 3. The third-order valence-electron chi connectivity index (χ3n) is 3.03. The number of ether oxygens (including phenoxy) is 3. The second kappa shape index (κ2) is 6.13. The maximum atomic E-state index is 11.6. The molecule has 0 unspecified atom stereocenters. The lowest BCUT2D eigenvalue weighted by molar-refractivity contribution is 0.100. The molecule has 1 heterocycles. The van der Waals surface area contributed by atoms with E-state index in [2.05, 4.69) is 4.98 Å². The van der Waals surface area contributed by atoms with Gasteiger partial charge < -0.3 is 19.9 Å². The Hall–Kier alpha value is -2.76. The summed E-state index contributed by atoms with van der Waals surface area (Å²) in [7, 11) is 4.55. The number of aromatic nitrogens is 1. The van der Waals surface area contributed by atoms with Gasteiger partial charge in [-0.25, -0.2) is 0 Å². The monoisotopic (exact) mass is 288 g/mol. The first kappa shape index (κ1) is 14.6. The van der Waals surface area contributed by atoms with Crippen molar-refractivity contribution in [2.75, 3.05) is 21.3 Å². The van der Waals surface area contributed by atoms with Crippen LogP contribution in [0.3, 0.4) is 0 Å². The molecule has 1 aromatic carbocycles. The Bertz CT molecular complexity index is 671. The number of nitrogens with zero attached hydrogens (tertiary/aromatic N) is 1. The Kier molecular flexibility index (Phi) is 4.27. The molecule has 21 heavy (non-hydrogen) atoms. The molecule has 0 saturated heterocycles. The number of rotatable bonds is 5. The van der Waals surface area contributed by atoms with Crippen molar-refractivity contribution in [2.45, 2.75) is 0 Å². The van der Waals surface area contributed by atoms with Crippen LogP contribution in [0.1, 0.15) is 10.4 Å². The smallest absolute Gasteiger partial charge is 0.250 e. The molecule has 1 aromatic heterocycles. The predicted octanol–water partition coefficient (Wildman–Crippen LogP) is 1.87. The first-order valence-corrected chi connectivity index (χ1v) is 6.18. The third kappa shape index (κ3) is 2.60. The van der Waals surface area contributed by atoms with E-state index >= 15 is 0 Å². The molecule has 0 aliphatic heterocycles. The SMILES string of the molecule is COc1ccc(-c2ncccc2C(N)=O)c(OC)c1OC. The van der Waals surface area contributed by atoms with Crippen molar-refractivity contribution in [3.8, 4) is 28.5 Å². The zero-order chi connectivity index (χ0) is 15.4. The summed E-state index contributed by atoms with van der Waals surface area (Å²) in [5.74, 6) is 0.821. The number of carbonyl (C=O) groups is 1. The van der Waals surface area contributed by atoms with Gasteiger partial charge in [0.05, 0.1) is 32.6 Å². The molecule has 6 nitrogen and oxygen atoms in total. The molecule has 0 radical (unpaired) electrons. The van der Waals surface area contributed by atoms with Gasteiger partial charge in [-0.2, -0.15) is 0 Å². The van der Waals surface area contributed by atoms with Gasteiger partial charge in [-0.3, -0.25) is 9.78 Å². The van der Waals surface area contributed by atoms with Gasteiger partial charge in [-0.1, -0.05) is 0 Å². The van der Waals surface area contributed by atoms with Gasteiger partial charge in [0.2, 0.25) is 5.75 Å². The third-order valence-corrected chi connectivity index (χ3v) is 3.03. The lowest BCUT2D eigenvalue weighted by Gasteiger charge is -2.16. The molecule has 0 saturated carbocycles. The summed E-state index contributed by atoms with van der Waals surface area (Å²) in [6.45, 7) is 0. The first-order chi connectivity index (χ1) is 10.1. The van der Waals surface area contributed by atoms with Crippen LogP contribution in [-0.2, 0) is 0 Å². The molecule has 0 aliphatic carbocycles. The van der Waals surface area contributed by atoms with Crippen LogP contribution in [0.2, 0.25) is 0 Å². The molecular formula is C15H16N2O4. The van der Waals surface area contributed by atoms with Crippen LogP contribution in [0, 0.1) is 0 Å². The highest BCUT2D eigenvalue weighted by molar-refractivity contribution is 5.99. The summed E-state index contributed by atoms with van der Waals surface area (Å²) in [6, 6.07) is 6.72. The fourth-order valence-electron chi connectivity index (χ4n) is 2.11. The zero-order valence-corrected chi connectivity index (χ0v) is 12.0. The van der Waals surface area contributed by atoms with Crippen LogP contribution >= 0.6 is 0 Å². The van der Waals surface area contributed by atoms with Gasteiger partial charge in [0.15, 0.2) is 11.5 Å². The van der Waals surface area contributed by atoms with Gasteiger partial charge in [0.1, 0.15) is 0 Å². The molecule has 2 aromatic rings. The zero-order valence-electron chi connectivity index (χ0n) is 12.0. The molecule has 0 atom stereocenters. The average Bonchev–Trinajstić information content (AvgIpc) is 2.53. The first-order valence-electron chi connectivity index (χ1n) is 6.18. The van der Waals surface area contributed by atoms with Crippen molar-refractivity contribution >= 4 is 5.91 Å². The maximum absolute atomic E-state index is 11.6. The molecule has 1 amide bonds. The fraction of sp³-hybridized carbons (Fsp3) is 0.200. The molecule has 0 bridgehead atoms. The number of carbonyl (C=O) groups excluding carboxylic acids is 1. The van der Waals surface area contributed by atoms with Crippen molar-refractivity contribution in [2.24, 2.45) is 5.73 Å². The van der Waals surface area contributed by atoms with Crippen molar-refractivity contribution in [1.29, 1.82) is 0 Å². The number of nitrogens with two attached hydrogens (primary N) is 1. The van der Waals surface area contributed by atoms with Crippen LogP contribution in [0.4, 0.5) is 0 Å². The van der Waals surface area contributed by atoms with E-state index in [0.717, 1.165) is 0 Å². The standard InChI is InChI=1S/C15H16N2O4/c1-19-11-7-6-9(13(20-2)14(11)21-3)12-10(15(16)18)5-4-8-17-12/h4-8H,1-3H3,(H2,16,18). The van der Waals surface area contributed by atoms with Crippen LogP contribution in [0.5, 0.6) is 17.2 Å². The molecule has 110 valence electrons. The normalized spacial score (nSPS) is 10.0. The lowest BCUT2D eigenvalue weighted by atomic mass is 10.0. The van der Waals surface area contributed by atoms with E-state index in [9.17, 15) is 4.79 Å². The highest BCUT2D eigenvalue weighted by atomic mass is 16.5. The highest BCUT2D eigenvalue weighted by Gasteiger charge is 2.21. The fourth-order valence-corrected chi connectivity index (χ4v) is 2.11. The largest absolute Gasteiger partial charge is 0.493 e. The minimum Gasteiger partial charge on any atom is -0.493 e. The number of primary amides is 1. The summed E-state index contributed by atoms with van der Waals surface area (Å²) in [4.78, 5) is 15.8. The van der Waals surface area contributed by atoms with Crippen LogP contribution in [-0.4, -0.2) is 32.2 Å². The van der Waals surface area contributed by atoms with Crippen molar-refractivity contribution < 1.29 is 19.0 Å². The lowest BCUT2D eigenvalue weighted by Crippen LogP contribution is -2.13. The van der Waals surface area contributed by atoms with E-state index in [0.29, 0.717) is 34.1 Å². The van der Waals surface area contributed by atoms with Crippen LogP contribution in [0.15, 0.2) is 30.5 Å². The average molecular weight is 288 g/mol. The van der Waals surface area contributed by atoms with E-state index in [1.54, 1.807) is 30.5 Å². The molecule has 2 rings (SSSR count). The van der Waals surface area contributed by atoms with E-state index in [1.165, 1.54) is 21.3 Å². The van der Waals surface area contributed by atoms with Crippen molar-refractivity contribution in [3.05, 3.63) is 36.0 Å². The summed E-state index contributed by atoms with van der Waals surface area (Å²) < 4.78 is 16.0. The van der Waals surface area contributed by atoms with E-state index in [-0.39, 0.29) is 0 Å². The maximum Gasteiger partial charge on any atom is 0.250 e. The van der Waals surface area contributed by atoms with Crippen molar-refractivity contribution in [3.63, 3.8) is 0 Å². The second-order valence-corrected chi connectivity index (χ2v) is 4.15. The molecule has 0 aliphatic rings. The summed E-state index contributed by atoms with van der Waals surface area (Å²) in [6.07, 6.45) is 1.58. The minimum absolute atomic E-state index is 0.308. The Morgan fingerprint density at radius 2 is 1.76 bits per heavy atom.